The lowest BCUT2D eigenvalue weighted by Gasteiger charge is -2.16. The van der Waals surface area contributed by atoms with Crippen LogP contribution in [0.5, 0.6) is 0 Å². The van der Waals surface area contributed by atoms with E-state index in [1.807, 2.05) is 0 Å². The van der Waals surface area contributed by atoms with Crippen LogP contribution in [0.4, 0.5) is 0 Å². The molecule has 1 saturated heterocycles. The van der Waals surface area contributed by atoms with Crippen LogP contribution in [0.25, 0.3) is 0 Å². The average Bonchev–Trinajstić information content (AvgIpc) is 2.52. The quantitative estimate of drug-likeness (QED) is 0.769. The van der Waals surface area contributed by atoms with Crippen LogP contribution in [0.2, 0.25) is 0 Å². The lowest BCUT2D eigenvalue weighted by atomic mass is 10.1. The van der Waals surface area contributed by atoms with Crippen LogP contribution in [-0.2, 0) is 28.4 Å². The Morgan fingerprint density at radius 1 is 0.545 bits per heavy atom. The zero-order valence-electron chi connectivity index (χ0n) is 13.9. The summed E-state index contributed by atoms with van der Waals surface area (Å²) in [5, 5.41) is 0. The minimum absolute atomic E-state index is 0.443. The highest BCUT2D eigenvalue weighted by Gasteiger charge is 2.08. The van der Waals surface area contributed by atoms with Gasteiger partial charge in [-0.05, 0) is 6.42 Å². The molecule has 0 atom stereocenters. The predicted molar refractivity (Wildman–Crippen MR) is 83.3 cm³/mol. The fourth-order valence-corrected chi connectivity index (χ4v) is 2.12. The molecule has 1 aliphatic heterocycles. The van der Waals surface area contributed by atoms with Gasteiger partial charge in [-0.15, -0.1) is 0 Å². The predicted octanol–water partition coefficient (Wildman–Crippen LogP) is 1.52. The Hall–Kier alpha value is -0.240. The van der Waals surface area contributed by atoms with Gasteiger partial charge in [-0.1, -0.05) is 13.3 Å². The van der Waals surface area contributed by atoms with E-state index >= 15 is 0 Å². The van der Waals surface area contributed by atoms with Gasteiger partial charge in [-0.2, -0.15) is 0 Å². The minimum atomic E-state index is 0.443. The molecule has 0 saturated carbocycles. The Labute approximate surface area is 134 Å². The normalized spacial score (nSPS) is 23.3. The van der Waals surface area contributed by atoms with E-state index in [-0.39, 0.29) is 0 Å². The fourth-order valence-electron chi connectivity index (χ4n) is 2.12. The summed E-state index contributed by atoms with van der Waals surface area (Å²) >= 11 is 0. The Bertz CT molecular complexity index is 207. The SMILES string of the molecule is CCCC1COCCOCCOCCOCCOCCOC1. The van der Waals surface area contributed by atoms with Gasteiger partial charge in [0.05, 0.1) is 79.3 Å². The van der Waals surface area contributed by atoms with Gasteiger partial charge in [0.15, 0.2) is 0 Å². The molecule has 1 heterocycles. The minimum Gasteiger partial charge on any atom is -0.379 e. The topological polar surface area (TPSA) is 55.4 Å². The van der Waals surface area contributed by atoms with Crippen LogP contribution in [0.1, 0.15) is 19.8 Å². The van der Waals surface area contributed by atoms with Crippen LogP contribution in [0.15, 0.2) is 0 Å². The first-order valence-electron chi connectivity index (χ1n) is 8.40. The molecule has 1 fully saturated rings. The summed E-state index contributed by atoms with van der Waals surface area (Å²) < 4.78 is 33.0. The second-order valence-electron chi connectivity index (χ2n) is 5.25. The number of rotatable bonds is 2. The van der Waals surface area contributed by atoms with Crippen molar-refractivity contribution < 1.29 is 28.4 Å². The molecule has 6 nitrogen and oxygen atoms in total. The van der Waals surface area contributed by atoms with Crippen LogP contribution >= 0.6 is 0 Å². The van der Waals surface area contributed by atoms with E-state index in [4.69, 9.17) is 28.4 Å². The third-order valence-corrected chi connectivity index (χ3v) is 3.26. The van der Waals surface area contributed by atoms with Crippen molar-refractivity contribution in [2.45, 2.75) is 19.8 Å². The van der Waals surface area contributed by atoms with Gasteiger partial charge in [0.1, 0.15) is 0 Å². The summed E-state index contributed by atoms with van der Waals surface area (Å²) in [6.45, 7) is 9.61. The van der Waals surface area contributed by atoms with Gasteiger partial charge in [0.2, 0.25) is 0 Å². The van der Waals surface area contributed by atoms with E-state index in [9.17, 15) is 0 Å². The monoisotopic (exact) mass is 320 g/mol. The van der Waals surface area contributed by atoms with E-state index in [1.165, 1.54) is 0 Å². The van der Waals surface area contributed by atoms with Crippen LogP contribution in [0.3, 0.4) is 0 Å². The van der Waals surface area contributed by atoms with Crippen molar-refractivity contribution in [2.75, 3.05) is 79.3 Å². The lowest BCUT2D eigenvalue weighted by molar-refractivity contribution is -0.0122. The van der Waals surface area contributed by atoms with E-state index in [0.717, 1.165) is 26.1 Å². The van der Waals surface area contributed by atoms with Crippen molar-refractivity contribution in [1.82, 2.24) is 0 Å². The summed E-state index contributed by atoms with van der Waals surface area (Å²) in [6.07, 6.45) is 2.25. The Balaban J connectivity index is 2.18. The van der Waals surface area contributed by atoms with Crippen molar-refractivity contribution in [3.05, 3.63) is 0 Å². The fraction of sp³-hybridized carbons (Fsp3) is 1.00. The first kappa shape index (κ1) is 19.8. The maximum Gasteiger partial charge on any atom is 0.0701 e. The van der Waals surface area contributed by atoms with Crippen molar-refractivity contribution in [3.63, 3.8) is 0 Å². The smallest absolute Gasteiger partial charge is 0.0701 e. The second-order valence-corrected chi connectivity index (χ2v) is 5.25. The van der Waals surface area contributed by atoms with E-state index < -0.39 is 0 Å². The molecule has 0 radical (unpaired) electrons. The molecular weight excluding hydrogens is 288 g/mol. The maximum absolute atomic E-state index is 5.67. The summed E-state index contributed by atoms with van der Waals surface area (Å²) in [4.78, 5) is 0. The van der Waals surface area contributed by atoms with E-state index in [1.54, 1.807) is 0 Å². The highest BCUT2D eigenvalue weighted by atomic mass is 16.6. The van der Waals surface area contributed by atoms with Crippen LogP contribution in [-0.4, -0.2) is 79.3 Å². The summed E-state index contributed by atoms with van der Waals surface area (Å²) in [6, 6.07) is 0. The highest BCUT2D eigenvalue weighted by molar-refractivity contribution is 4.56. The van der Waals surface area contributed by atoms with Crippen LogP contribution in [0, 0.1) is 5.92 Å². The summed E-state index contributed by atoms with van der Waals surface area (Å²) in [7, 11) is 0. The largest absolute Gasteiger partial charge is 0.379 e. The van der Waals surface area contributed by atoms with Gasteiger partial charge in [-0.25, -0.2) is 0 Å². The third-order valence-electron chi connectivity index (χ3n) is 3.26. The molecule has 0 aliphatic carbocycles. The molecule has 1 rings (SSSR count). The first-order chi connectivity index (χ1) is 10.9. The van der Waals surface area contributed by atoms with Crippen molar-refractivity contribution in [1.29, 1.82) is 0 Å². The molecule has 6 heteroatoms. The molecule has 0 aromatic heterocycles. The third kappa shape index (κ3) is 12.3. The van der Waals surface area contributed by atoms with E-state index in [2.05, 4.69) is 6.92 Å². The molecule has 132 valence electrons. The molecule has 0 aromatic rings. The zero-order chi connectivity index (χ0) is 15.7. The molecule has 0 unspecified atom stereocenters. The number of ether oxygens (including phenoxy) is 6. The van der Waals surface area contributed by atoms with Gasteiger partial charge in [0, 0.05) is 5.92 Å². The van der Waals surface area contributed by atoms with Crippen molar-refractivity contribution in [3.8, 4) is 0 Å². The summed E-state index contributed by atoms with van der Waals surface area (Å²) in [5.41, 5.74) is 0. The van der Waals surface area contributed by atoms with Crippen LogP contribution < -0.4 is 0 Å². The molecule has 1 aliphatic rings. The molecule has 0 N–H and O–H groups in total. The van der Waals surface area contributed by atoms with Gasteiger partial charge >= 0.3 is 0 Å². The molecule has 0 amide bonds. The maximum atomic E-state index is 5.67. The molecular formula is C16H32O6. The Kier molecular flexibility index (Phi) is 14.1. The lowest BCUT2D eigenvalue weighted by Crippen LogP contribution is -2.19. The molecule has 0 aromatic carbocycles. The van der Waals surface area contributed by atoms with E-state index in [0.29, 0.717) is 72.0 Å². The molecule has 22 heavy (non-hydrogen) atoms. The number of hydrogen-bond acceptors (Lipinski definition) is 6. The Morgan fingerprint density at radius 3 is 1.18 bits per heavy atom. The van der Waals surface area contributed by atoms with Gasteiger partial charge in [0.25, 0.3) is 0 Å². The standard InChI is InChI=1S/C16H32O6/c1-2-3-16-14-21-12-10-19-8-6-17-4-5-18-7-9-20-11-13-22-15-16/h16H,2-15H2,1H3. The van der Waals surface area contributed by atoms with Gasteiger partial charge < -0.3 is 28.4 Å². The molecule has 0 spiro atoms. The highest BCUT2D eigenvalue weighted by Crippen LogP contribution is 2.07. The van der Waals surface area contributed by atoms with Crippen molar-refractivity contribution >= 4 is 0 Å². The average molecular weight is 320 g/mol. The molecule has 0 bridgehead atoms. The second kappa shape index (κ2) is 15.6. The zero-order valence-corrected chi connectivity index (χ0v) is 13.9. The number of hydrogen-bond donors (Lipinski definition) is 0. The Morgan fingerprint density at radius 2 is 0.864 bits per heavy atom. The van der Waals surface area contributed by atoms with Crippen molar-refractivity contribution in [2.24, 2.45) is 5.92 Å². The summed E-state index contributed by atoms with van der Waals surface area (Å²) in [5.74, 6) is 0.443. The first-order valence-corrected chi connectivity index (χ1v) is 8.40. The van der Waals surface area contributed by atoms with Gasteiger partial charge in [-0.3, -0.25) is 0 Å².